The van der Waals surface area contributed by atoms with E-state index in [1.807, 2.05) is 0 Å². The highest BCUT2D eigenvalue weighted by Crippen LogP contribution is 2.44. The molecule has 4 unspecified atom stereocenters. The minimum Gasteiger partial charge on any atom is -0.457 e. The third kappa shape index (κ3) is 6.98. The molecule has 0 aromatic rings. The molecule has 0 amide bonds. The van der Waals surface area contributed by atoms with E-state index in [0.717, 1.165) is 6.42 Å². The van der Waals surface area contributed by atoms with Crippen LogP contribution in [0.25, 0.3) is 0 Å². The maximum Gasteiger partial charge on any atom is 0.303 e. The number of esters is 1. The molecule has 2 fully saturated rings. The summed E-state index contributed by atoms with van der Waals surface area (Å²) in [4.78, 5) is 12.0. The van der Waals surface area contributed by atoms with Crippen molar-refractivity contribution < 1.29 is 32.9 Å². The van der Waals surface area contributed by atoms with Crippen LogP contribution in [0.15, 0.2) is 0 Å². The Bertz CT molecular complexity index is 693. The topological polar surface area (TPSA) is 72.5 Å². The van der Waals surface area contributed by atoms with Gasteiger partial charge in [0.1, 0.15) is 6.10 Å². The molecule has 8 heteroatoms. The summed E-state index contributed by atoms with van der Waals surface area (Å²) in [5.74, 6) is 0.270. The van der Waals surface area contributed by atoms with Gasteiger partial charge in [-0.15, -0.1) is 0 Å². The highest BCUT2D eigenvalue weighted by molar-refractivity contribution is 6.77. The molecule has 0 aromatic carbocycles. The Morgan fingerprint density at radius 1 is 0.784 bits per heavy atom. The Labute approximate surface area is 227 Å². The second kappa shape index (κ2) is 13.7. The van der Waals surface area contributed by atoms with Gasteiger partial charge < -0.3 is 28.1 Å². The number of methoxy groups -OCH3 is 1. The van der Waals surface area contributed by atoms with Gasteiger partial charge in [-0.1, -0.05) is 76.2 Å². The molecule has 2 aliphatic rings. The van der Waals surface area contributed by atoms with Gasteiger partial charge in [-0.25, -0.2) is 0 Å². The molecule has 0 radical (unpaired) electrons. The largest absolute Gasteiger partial charge is 0.457 e. The summed E-state index contributed by atoms with van der Waals surface area (Å²) < 4.78 is 38.3. The van der Waals surface area contributed by atoms with Crippen molar-refractivity contribution in [2.24, 2.45) is 23.7 Å². The molecule has 2 saturated heterocycles. The van der Waals surface area contributed by atoms with E-state index in [9.17, 15) is 4.79 Å². The molecule has 2 rings (SSSR count). The minimum atomic E-state index is -2.11. The molecular formula is C29H56O7Si. The summed E-state index contributed by atoms with van der Waals surface area (Å²) >= 11 is 0. The van der Waals surface area contributed by atoms with E-state index in [0.29, 0.717) is 23.2 Å². The van der Waals surface area contributed by atoms with Crippen LogP contribution in [0.1, 0.15) is 89.5 Å². The Hall–Kier alpha value is -0.513. The van der Waals surface area contributed by atoms with Gasteiger partial charge in [0.2, 0.25) is 0 Å². The summed E-state index contributed by atoms with van der Waals surface area (Å²) in [5, 5.41) is 0. The van der Waals surface area contributed by atoms with Gasteiger partial charge in [-0.3, -0.25) is 4.79 Å². The van der Waals surface area contributed by atoms with E-state index in [-0.39, 0.29) is 54.2 Å². The van der Waals surface area contributed by atoms with Crippen LogP contribution >= 0.6 is 0 Å². The zero-order valence-corrected chi connectivity index (χ0v) is 26.8. The lowest BCUT2D eigenvalue weighted by Crippen LogP contribution is -2.59. The number of carbonyl (C=O) groups is 1. The van der Waals surface area contributed by atoms with Gasteiger partial charge in [0.15, 0.2) is 27.0 Å². The van der Waals surface area contributed by atoms with Crippen LogP contribution in [-0.4, -0.2) is 65.0 Å². The van der Waals surface area contributed by atoms with Gasteiger partial charge in [-0.05, 0) is 34.9 Å². The molecule has 2 aliphatic heterocycles. The highest BCUT2D eigenvalue weighted by atomic mass is 28.4. The minimum absolute atomic E-state index is 0.0355. The molecular weight excluding hydrogens is 488 g/mol. The van der Waals surface area contributed by atoms with Crippen LogP contribution in [-0.2, 0) is 32.9 Å². The first-order chi connectivity index (χ1) is 17.2. The fraction of sp³-hybridized carbons (Fsp3) is 0.966. The first kappa shape index (κ1) is 32.7. The number of ether oxygens (including phenoxy) is 5. The van der Waals surface area contributed by atoms with Crippen LogP contribution in [0.2, 0.25) is 16.6 Å². The Morgan fingerprint density at radius 2 is 1.30 bits per heavy atom. The first-order valence-corrected chi connectivity index (χ1v) is 16.7. The van der Waals surface area contributed by atoms with Crippen molar-refractivity contribution >= 4 is 14.3 Å². The van der Waals surface area contributed by atoms with Crippen molar-refractivity contribution in [3.63, 3.8) is 0 Å². The van der Waals surface area contributed by atoms with E-state index in [1.165, 1.54) is 6.92 Å². The molecule has 7 nitrogen and oxygen atoms in total. The zero-order valence-electron chi connectivity index (χ0n) is 25.8. The normalized spacial score (nSPS) is 37.4. The third-order valence-electron chi connectivity index (χ3n) is 9.40. The lowest BCUT2D eigenvalue weighted by atomic mass is 9.82. The molecule has 218 valence electrons. The van der Waals surface area contributed by atoms with Gasteiger partial charge in [0, 0.05) is 25.9 Å². The second-order valence-electron chi connectivity index (χ2n) is 12.5. The standard InChI is InChI=1S/C29H56O7Si/c1-14-24-19(8)20(9)27(33-23(12)30)29(34-24)36-26-21(10)22(11)28(31-13)35-25(26)15-32-37(16(2)3,17(4)5)18(6)7/h16-22,24-29H,14-15H2,1-13H3/t19-,20-,21+,22?,24?,25?,26-,27?,28-,29+/m0/s1. The monoisotopic (exact) mass is 544 g/mol. The average molecular weight is 545 g/mol. The van der Waals surface area contributed by atoms with Gasteiger partial charge in [0.25, 0.3) is 0 Å². The smallest absolute Gasteiger partial charge is 0.303 e. The SMILES string of the molecule is CCC1O[C@H](O[C@@H]2C(CO[Si](C(C)C)(C(C)C)C(C)C)O[C@H](OC)C(C)[C@H]2C)C(OC(C)=O)[C@@H](C)[C@@H]1C. The lowest BCUT2D eigenvalue weighted by molar-refractivity contribution is -0.332. The molecule has 2 heterocycles. The van der Waals surface area contributed by atoms with Crippen molar-refractivity contribution in [2.75, 3.05) is 13.7 Å². The van der Waals surface area contributed by atoms with Crippen molar-refractivity contribution in [1.29, 1.82) is 0 Å². The molecule has 0 N–H and O–H groups in total. The number of hydrogen-bond acceptors (Lipinski definition) is 7. The summed E-state index contributed by atoms with van der Waals surface area (Å²) in [7, 11) is -0.421. The molecule has 0 aromatic heterocycles. The zero-order chi connectivity index (χ0) is 28.2. The molecule has 0 aliphatic carbocycles. The van der Waals surface area contributed by atoms with E-state index in [1.54, 1.807) is 7.11 Å². The number of rotatable bonds is 11. The Balaban J connectivity index is 2.38. The Morgan fingerprint density at radius 3 is 1.76 bits per heavy atom. The van der Waals surface area contributed by atoms with Crippen molar-refractivity contribution in [2.45, 2.75) is 143 Å². The summed E-state index contributed by atoms with van der Waals surface area (Å²) in [6.45, 7) is 26.3. The highest BCUT2D eigenvalue weighted by Gasteiger charge is 2.51. The van der Waals surface area contributed by atoms with E-state index in [2.05, 4.69) is 76.2 Å². The summed E-state index contributed by atoms with van der Waals surface area (Å²) in [6, 6.07) is 0. The predicted molar refractivity (Wildman–Crippen MR) is 149 cm³/mol. The molecule has 10 atom stereocenters. The van der Waals surface area contributed by atoms with Gasteiger partial charge >= 0.3 is 5.97 Å². The van der Waals surface area contributed by atoms with Gasteiger partial charge in [0.05, 0.1) is 18.8 Å². The van der Waals surface area contributed by atoms with E-state index in [4.69, 9.17) is 28.1 Å². The number of hydrogen-bond donors (Lipinski definition) is 0. The van der Waals surface area contributed by atoms with Crippen LogP contribution in [0.5, 0.6) is 0 Å². The van der Waals surface area contributed by atoms with Crippen LogP contribution in [0, 0.1) is 23.7 Å². The average Bonchev–Trinajstić information content (AvgIpc) is 2.81. The summed E-state index contributed by atoms with van der Waals surface area (Å²) in [5.41, 5.74) is 1.40. The molecule has 0 saturated carbocycles. The fourth-order valence-electron chi connectivity index (χ4n) is 6.95. The van der Waals surface area contributed by atoms with E-state index >= 15 is 0 Å². The van der Waals surface area contributed by atoms with Crippen LogP contribution < -0.4 is 0 Å². The third-order valence-corrected chi connectivity index (χ3v) is 15.5. The van der Waals surface area contributed by atoms with E-state index < -0.39 is 20.7 Å². The quantitative estimate of drug-likeness (QED) is 0.216. The second-order valence-corrected chi connectivity index (χ2v) is 17.9. The first-order valence-electron chi connectivity index (χ1n) is 14.5. The van der Waals surface area contributed by atoms with Crippen molar-refractivity contribution in [3.05, 3.63) is 0 Å². The van der Waals surface area contributed by atoms with Crippen molar-refractivity contribution in [1.82, 2.24) is 0 Å². The van der Waals surface area contributed by atoms with Gasteiger partial charge in [-0.2, -0.15) is 0 Å². The van der Waals surface area contributed by atoms with Crippen LogP contribution in [0.4, 0.5) is 0 Å². The molecule has 0 bridgehead atoms. The maximum absolute atomic E-state index is 12.0. The Kier molecular flexibility index (Phi) is 12.1. The van der Waals surface area contributed by atoms with Crippen LogP contribution in [0.3, 0.4) is 0 Å². The fourth-order valence-corrected chi connectivity index (χ4v) is 12.4. The predicted octanol–water partition coefficient (Wildman–Crippen LogP) is 6.55. The molecule has 0 spiro atoms. The maximum atomic E-state index is 12.0. The lowest BCUT2D eigenvalue weighted by Gasteiger charge is -2.50. The molecule has 37 heavy (non-hydrogen) atoms. The van der Waals surface area contributed by atoms with Crippen molar-refractivity contribution in [3.8, 4) is 0 Å². The summed E-state index contributed by atoms with van der Waals surface area (Å²) in [6.07, 6.45) is -1.18. The number of carbonyl (C=O) groups excluding carboxylic acids is 1.